The fourth-order valence-electron chi connectivity index (χ4n) is 3.24. The molecule has 1 aromatic rings. The Hall–Kier alpha value is -2.71. The van der Waals surface area contributed by atoms with E-state index in [2.05, 4.69) is 5.43 Å². The molecular formula is C16H16N2O6. The Kier molecular flexibility index (Phi) is 4.08. The lowest BCUT2D eigenvalue weighted by Crippen LogP contribution is -2.49. The van der Waals surface area contributed by atoms with E-state index in [0.717, 1.165) is 5.01 Å². The molecule has 0 radical (unpaired) electrons. The highest BCUT2D eigenvalue weighted by atomic mass is 16.5. The largest absolute Gasteiger partial charge is 0.484 e. The van der Waals surface area contributed by atoms with Crippen LogP contribution in [0.25, 0.3) is 0 Å². The number of rotatable bonds is 4. The van der Waals surface area contributed by atoms with Crippen molar-refractivity contribution in [2.24, 2.45) is 11.8 Å². The van der Waals surface area contributed by atoms with Gasteiger partial charge in [0.05, 0.1) is 24.0 Å². The highest BCUT2D eigenvalue weighted by molar-refractivity contribution is 6.07. The van der Waals surface area contributed by atoms with Crippen LogP contribution in [0.5, 0.6) is 5.75 Å². The van der Waals surface area contributed by atoms with Gasteiger partial charge in [-0.3, -0.25) is 19.8 Å². The van der Waals surface area contributed by atoms with Crippen LogP contribution in [0, 0.1) is 11.8 Å². The quantitative estimate of drug-likeness (QED) is 0.573. The zero-order valence-corrected chi connectivity index (χ0v) is 12.5. The molecule has 8 heteroatoms. The predicted octanol–water partition coefficient (Wildman–Crippen LogP) is -0.790. The van der Waals surface area contributed by atoms with Gasteiger partial charge >= 0.3 is 0 Å². The smallest absolute Gasteiger partial charge is 0.276 e. The highest BCUT2D eigenvalue weighted by Gasteiger charge is 2.61. The van der Waals surface area contributed by atoms with Crippen LogP contribution in [0.2, 0.25) is 0 Å². The maximum absolute atomic E-state index is 12.3. The van der Waals surface area contributed by atoms with Gasteiger partial charge in [-0.05, 0) is 12.1 Å². The standard InChI is InChI=1S/C16H14N2O5.H2O/c19-12(8-22-9-4-2-1-3-5-9)17-18-15(20)13-10-6-7-11(23-10)14(13)16(18)21;/h1-7,10-11,13-14H,8H2,(H,17,19);1H2. The first-order valence-corrected chi connectivity index (χ1v) is 7.34. The molecule has 24 heavy (non-hydrogen) atoms. The van der Waals surface area contributed by atoms with Crippen molar-refractivity contribution in [2.75, 3.05) is 6.61 Å². The number of benzene rings is 1. The molecule has 0 spiro atoms. The van der Waals surface area contributed by atoms with E-state index in [1.165, 1.54) is 0 Å². The van der Waals surface area contributed by atoms with Crippen LogP contribution in [0.3, 0.4) is 0 Å². The van der Waals surface area contributed by atoms with Crippen molar-refractivity contribution in [3.63, 3.8) is 0 Å². The Morgan fingerprint density at radius 3 is 2.25 bits per heavy atom. The van der Waals surface area contributed by atoms with Crippen LogP contribution in [-0.2, 0) is 19.1 Å². The van der Waals surface area contributed by atoms with Gasteiger partial charge in [0.15, 0.2) is 6.61 Å². The van der Waals surface area contributed by atoms with E-state index in [0.29, 0.717) is 5.75 Å². The van der Waals surface area contributed by atoms with Gasteiger partial charge in [-0.1, -0.05) is 30.4 Å². The third kappa shape index (κ3) is 2.45. The predicted molar refractivity (Wildman–Crippen MR) is 80.3 cm³/mol. The molecule has 4 rings (SSSR count). The highest BCUT2D eigenvalue weighted by Crippen LogP contribution is 2.44. The van der Waals surface area contributed by atoms with Crippen LogP contribution in [0.15, 0.2) is 42.5 Å². The molecule has 2 saturated heterocycles. The number of nitrogens with zero attached hydrogens (tertiary/aromatic N) is 1. The topological polar surface area (TPSA) is 116 Å². The Balaban J connectivity index is 0.00000169. The van der Waals surface area contributed by atoms with Crippen molar-refractivity contribution < 1.29 is 29.3 Å². The van der Waals surface area contributed by atoms with Crippen molar-refractivity contribution in [1.82, 2.24) is 10.4 Å². The first kappa shape index (κ1) is 16.2. The van der Waals surface area contributed by atoms with Gasteiger partial charge in [-0.25, -0.2) is 0 Å². The molecule has 1 aromatic carbocycles. The molecule has 3 heterocycles. The van der Waals surface area contributed by atoms with Crippen LogP contribution in [0.4, 0.5) is 0 Å². The third-order valence-electron chi connectivity index (χ3n) is 4.26. The minimum absolute atomic E-state index is 0. The molecule has 3 N–H and O–H groups in total. The number of ether oxygens (including phenoxy) is 2. The summed E-state index contributed by atoms with van der Waals surface area (Å²) < 4.78 is 10.8. The van der Waals surface area contributed by atoms with E-state index in [4.69, 9.17) is 9.47 Å². The molecule has 4 unspecified atom stereocenters. The SMILES string of the molecule is O.O=C(COc1ccccc1)NN1C(=O)C2C3C=CC(O3)C2C1=O. The summed E-state index contributed by atoms with van der Waals surface area (Å²) in [5, 5.41) is 0.807. The number of hydrazine groups is 1. The molecular weight excluding hydrogens is 316 g/mol. The van der Waals surface area contributed by atoms with Crippen molar-refractivity contribution in [3.8, 4) is 5.75 Å². The second-order valence-corrected chi connectivity index (χ2v) is 5.65. The van der Waals surface area contributed by atoms with Gasteiger partial charge in [0, 0.05) is 0 Å². The number of para-hydroxylation sites is 1. The summed E-state index contributed by atoms with van der Waals surface area (Å²) in [5.41, 5.74) is 2.33. The number of carbonyl (C=O) groups excluding carboxylic acids is 3. The Morgan fingerprint density at radius 1 is 1.08 bits per heavy atom. The Labute approximate surface area is 137 Å². The zero-order valence-electron chi connectivity index (χ0n) is 12.5. The maximum Gasteiger partial charge on any atom is 0.276 e. The van der Waals surface area contributed by atoms with E-state index in [-0.39, 0.29) is 24.3 Å². The molecule has 0 aliphatic carbocycles. The average molecular weight is 332 g/mol. The number of fused-ring (bicyclic) bond motifs is 5. The summed E-state index contributed by atoms with van der Waals surface area (Å²) >= 11 is 0. The first-order chi connectivity index (χ1) is 11.1. The molecule has 8 nitrogen and oxygen atoms in total. The van der Waals surface area contributed by atoms with Crippen molar-refractivity contribution in [3.05, 3.63) is 42.5 Å². The summed E-state index contributed by atoms with van der Waals surface area (Å²) in [5.74, 6) is -1.94. The van der Waals surface area contributed by atoms with Crippen molar-refractivity contribution in [1.29, 1.82) is 0 Å². The Bertz CT molecular complexity index is 674. The molecule has 0 saturated carbocycles. The van der Waals surface area contributed by atoms with E-state index in [9.17, 15) is 14.4 Å². The normalized spacial score (nSPS) is 29.4. The van der Waals surface area contributed by atoms with Gasteiger partial charge in [0.1, 0.15) is 5.75 Å². The molecule has 3 aliphatic rings. The third-order valence-corrected chi connectivity index (χ3v) is 4.26. The van der Waals surface area contributed by atoms with Crippen LogP contribution >= 0.6 is 0 Å². The fourth-order valence-corrected chi connectivity index (χ4v) is 3.24. The summed E-state index contributed by atoms with van der Waals surface area (Å²) in [7, 11) is 0. The second kappa shape index (κ2) is 6.06. The van der Waals surface area contributed by atoms with Gasteiger partial charge in [0.25, 0.3) is 17.7 Å². The van der Waals surface area contributed by atoms with Crippen molar-refractivity contribution >= 4 is 17.7 Å². The van der Waals surface area contributed by atoms with Gasteiger partial charge in [-0.2, -0.15) is 5.01 Å². The summed E-state index contributed by atoms with van der Waals surface area (Å²) in [4.78, 5) is 36.6. The van der Waals surface area contributed by atoms with Crippen LogP contribution in [-0.4, -0.2) is 47.0 Å². The van der Waals surface area contributed by atoms with Crippen LogP contribution < -0.4 is 10.2 Å². The lowest BCUT2D eigenvalue weighted by atomic mass is 9.85. The summed E-state index contributed by atoms with van der Waals surface area (Å²) in [6.45, 7) is -0.280. The summed E-state index contributed by atoms with van der Waals surface area (Å²) in [6, 6.07) is 8.82. The van der Waals surface area contributed by atoms with Gasteiger partial charge in [-0.15, -0.1) is 0 Å². The van der Waals surface area contributed by atoms with Gasteiger partial charge < -0.3 is 14.9 Å². The Morgan fingerprint density at radius 2 is 1.67 bits per heavy atom. The molecule has 2 fully saturated rings. The lowest BCUT2D eigenvalue weighted by Gasteiger charge is -2.18. The molecule has 0 aromatic heterocycles. The summed E-state index contributed by atoms with van der Waals surface area (Å²) in [6.07, 6.45) is 2.84. The van der Waals surface area contributed by atoms with E-state index in [1.54, 1.807) is 36.4 Å². The minimum Gasteiger partial charge on any atom is -0.484 e. The molecule has 4 atom stereocenters. The van der Waals surface area contributed by atoms with Crippen LogP contribution in [0.1, 0.15) is 0 Å². The van der Waals surface area contributed by atoms with Crippen molar-refractivity contribution in [2.45, 2.75) is 12.2 Å². The van der Waals surface area contributed by atoms with E-state index in [1.807, 2.05) is 6.07 Å². The first-order valence-electron chi connectivity index (χ1n) is 7.34. The monoisotopic (exact) mass is 332 g/mol. The molecule has 126 valence electrons. The fraction of sp³-hybridized carbons (Fsp3) is 0.312. The number of hydrogen-bond acceptors (Lipinski definition) is 5. The number of carbonyl (C=O) groups is 3. The average Bonchev–Trinajstić information content (AvgIpc) is 3.24. The number of hydrogen-bond donors (Lipinski definition) is 1. The maximum atomic E-state index is 12.3. The van der Waals surface area contributed by atoms with E-state index >= 15 is 0 Å². The van der Waals surface area contributed by atoms with Gasteiger partial charge in [0.2, 0.25) is 0 Å². The van der Waals surface area contributed by atoms with E-state index < -0.39 is 29.6 Å². The second-order valence-electron chi connectivity index (χ2n) is 5.65. The zero-order chi connectivity index (χ0) is 16.0. The minimum atomic E-state index is -0.559. The lowest BCUT2D eigenvalue weighted by molar-refractivity contribution is -0.151. The molecule has 2 bridgehead atoms. The number of amides is 3. The number of imide groups is 1. The molecule has 3 aliphatic heterocycles. The molecule has 3 amide bonds. The number of nitrogens with one attached hydrogen (secondary N) is 1.